The predicted molar refractivity (Wildman–Crippen MR) is 106 cm³/mol. The van der Waals surface area contributed by atoms with Gasteiger partial charge < -0.3 is 19.4 Å². The first-order valence-corrected chi connectivity index (χ1v) is 8.98. The van der Waals surface area contributed by atoms with E-state index >= 15 is 0 Å². The third-order valence-electron chi connectivity index (χ3n) is 4.35. The van der Waals surface area contributed by atoms with Crippen molar-refractivity contribution in [3.63, 3.8) is 0 Å². The van der Waals surface area contributed by atoms with Crippen molar-refractivity contribution in [2.24, 2.45) is 0 Å². The number of anilines is 1. The summed E-state index contributed by atoms with van der Waals surface area (Å²) in [5, 5.41) is 2.74. The topological polar surface area (TPSA) is 71.8 Å². The van der Waals surface area contributed by atoms with Gasteiger partial charge in [0.1, 0.15) is 23.9 Å². The summed E-state index contributed by atoms with van der Waals surface area (Å²) in [6.45, 7) is 1.44. The average molecular weight is 396 g/mol. The first kappa shape index (κ1) is 20.1. The molecule has 0 radical (unpaired) electrons. The Kier molecular flexibility index (Phi) is 6.29. The standard InChI is InChI=1S/C22H21FN2O4/c1-15-9-10-16(12-18(15)23)22(27)25(13-17-6-5-11-29-17)14-21(26)24-19-7-3-4-8-20(19)28-2/h3-12H,13-14H2,1-2H3,(H,24,26). The number of ether oxygens (including phenoxy) is 1. The Morgan fingerprint density at radius 3 is 2.62 bits per heavy atom. The van der Waals surface area contributed by atoms with E-state index in [1.165, 1.54) is 36.5 Å². The van der Waals surface area contributed by atoms with Gasteiger partial charge in [-0.1, -0.05) is 18.2 Å². The quantitative estimate of drug-likeness (QED) is 0.655. The van der Waals surface area contributed by atoms with Crippen molar-refractivity contribution in [3.8, 4) is 5.75 Å². The van der Waals surface area contributed by atoms with Crippen molar-refractivity contribution in [3.05, 3.63) is 83.6 Å². The van der Waals surface area contributed by atoms with Gasteiger partial charge in [-0.05, 0) is 48.9 Å². The van der Waals surface area contributed by atoms with Crippen molar-refractivity contribution in [1.29, 1.82) is 0 Å². The van der Waals surface area contributed by atoms with Crippen molar-refractivity contribution >= 4 is 17.5 Å². The van der Waals surface area contributed by atoms with E-state index in [0.29, 0.717) is 22.8 Å². The molecule has 1 heterocycles. The molecule has 7 heteroatoms. The number of furan rings is 1. The lowest BCUT2D eigenvalue weighted by atomic mass is 10.1. The number of hydrogen-bond acceptors (Lipinski definition) is 4. The van der Waals surface area contributed by atoms with Crippen LogP contribution in [0.15, 0.2) is 65.3 Å². The lowest BCUT2D eigenvalue weighted by Gasteiger charge is -2.22. The number of carbonyl (C=O) groups is 2. The third-order valence-corrected chi connectivity index (χ3v) is 4.35. The van der Waals surface area contributed by atoms with Crippen molar-refractivity contribution in [1.82, 2.24) is 4.90 Å². The Labute approximate surface area is 167 Å². The number of nitrogens with zero attached hydrogens (tertiary/aromatic N) is 1. The van der Waals surface area contributed by atoms with Crippen LogP contribution in [0.4, 0.5) is 10.1 Å². The van der Waals surface area contributed by atoms with E-state index in [1.54, 1.807) is 43.3 Å². The Hall–Kier alpha value is -3.61. The van der Waals surface area contributed by atoms with Crippen molar-refractivity contribution in [2.75, 3.05) is 19.0 Å². The molecular weight excluding hydrogens is 375 g/mol. The summed E-state index contributed by atoms with van der Waals surface area (Å²) in [5.74, 6) is -0.355. The van der Waals surface area contributed by atoms with Gasteiger partial charge in [-0.15, -0.1) is 0 Å². The summed E-state index contributed by atoms with van der Waals surface area (Å²) >= 11 is 0. The van der Waals surface area contributed by atoms with E-state index in [2.05, 4.69) is 5.32 Å². The number of halogens is 1. The van der Waals surface area contributed by atoms with E-state index in [0.717, 1.165) is 0 Å². The lowest BCUT2D eigenvalue weighted by Crippen LogP contribution is -2.37. The molecular formula is C22H21FN2O4. The second kappa shape index (κ2) is 9.05. The number of nitrogens with one attached hydrogen (secondary N) is 1. The molecule has 0 fully saturated rings. The molecule has 0 saturated carbocycles. The minimum atomic E-state index is -0.479. The second-order valence-corrected chi connectivity index (χ2v) is 6.45. The number of para-hydroxylation sites is 2. The molecule has 0 atom stereocenters. The predicted octanol–water partition coefficient (Wildman–Crippen LogP) is 4.02. The Bertz CT molecular complexity index is 1000. The van der Waals surface area contributed by atoms with Gasteiger partial charge in [0.15, 0.2) is 0 Å². The fourth-order valence-electron chi connectivity index (χ4n) is 2.81. The van der Waals surface area contributed by atoms with Gasteiger partial charge in [0.05, 0.1) is 25.6 Å². The summed E-state index contributed by atoms with van der Waals surface area (Å²) in [4.78, 5) is 26.9. The van der Waals surface area contributed by atoms with Gasteiger partial charge in [0.2, 0.25) is 5.91 Å². The van der Waals surface area contributed by atoms with Crippen LogP contribution in [0.25, 0.3) is 0 Å². The second-order valence-electron chi connectivity index (χ2n) is 6.45. The zero-order valence-corrected chi connectivity index (χ0v) is 16.1. The maximum atomic E-state index is 13.9. The minimum Gasteiger partial charge on any atom is -0.495 e. The average Bonchev–Trinajstić information content (AvgIpc) is 3.22. The molecule has 0 spiro atoms. The molecule has 29 heavy (non-hydrogen) atoms. The van der Waals surface area contributed by atoms with E-state index in [1.807, 2.05) is 0 Å². The summed E-state index contributed by atoms with van der Waals surface area (Å²) in [6, 6.07) is 14.6. The number of carbonyl (C=O) groups excluding carboxylic acids is 2. The number of methoxy groups -OCH3 is 1. The zero-order valence-electron chi connectivity index (χ0n) is 16.1. The Morgan fingerprint density at radius 2 is 1.93 bits per heavy atom. The largest absolute Gasteiger partial charge is 0.495 e. The fraction of sp³-hybridized carbons (Fsp3) is 0.182. The van der Waals surface area contributed by atoms with E-state index in [9.17, 15) is 14.0 Å². The highest BCUT2D eigenvalue weighted by Crippen LogP contribution is 2.23. The fourth-order valence-corrected chi connectivity index (χ4v) is 2.81. The molecule has 1 aromatic heterocycles. The van der Waals surface area contributed by atoms with Gasteiger partial charge in [0, 0.05) is 5.56 Å². The molecule has 6 nitrogen and oxygen atoms in total. The highest BCUT2D eigenvalue weighted by molar-refractivity contribution is 5.99. The van der Waals surface area contributed by atoms with Crippen LogP contribution in [-0.4, -0.2) is 30.4 Å². The van der Waals surface area contributed by atoms with Crippen LogP contribution in [0.3, 0.4) is 0 Å². The summed E-state index contributed by atoms with van der Waals surface area (Å²) in [5.41, 5.74) is 1.09. The van der Waals surface area contributed by atoms with Gasteiger partial charge in [-0.3, -0.25) is 9.59 Å². The SMILES string of the molecule is COc1ccccc1NC(=O)CN(Cc1ccco1)C(=O)c1ccc(C)c(F)c1. The molecule has 0 saturated heterocycles. The van der Waals surface area contributed by atoms with Gasteiger partial charge in [0.25, 0.3) is 5.91 Å². The van der Waals surface area contributed by atoms with E-state index < -0.39 is 17.6 Å². The van der Waals surface area contributed by atoms with Crippen molar-refractivity contribution < 1.29 is 23.1 Å². The van der Waals surface area contributed by atoms with Crippen LogP contribution >= 0.6 is 0 Å². The van der Waals surface area contributed by atoms with Crippen LogP contribution in [0.2, 0.25) is 0 Å². The summed E-state index contributed by atoms with van der Waals surface area (Å²) in [7, 11) is 1.50. The number of aryl methyl sites for hydroxylation is 1. The maximum absolute atomic E-state index is 13.9. The zero-order chi connectivity index (χ0) is 20.8. The minimum absolute atomic E-state index is 0.0701. The number of amides is 2. The van der Waals surface area contributed by atoms with Crippen LogP contribution in [0.5, 0.6) is 5.75 Å². The van der Waals surface area contributed by atoms with E-state index in [4.69, 9.17) is 9.15 Å². The summed E-state index contributed by atoms with van der Waals surface area (Å²) < 4.78 is 24.5. The van der Waals surface area contributed by atoms with Crippen LogP contribution < -0.4 is 10.1 Å². The van der Waals surface area contributed by atoms with Gasteiger partial charge in [-0.2, -0.15) is 0 Å². The molecule has 3 aromatic rings. The highest BCUT2D eigenvalue weighted by atomic mass is 19.1. The monoisotopic (exact) mass is 396 g/mol. The molecule has 0 unspecified atom stereocenters. The molecule has 2 aromatic carbocycles. The number of benzene rings is 2. The first-order chi connectivity index (χ1) is 14.0. The molecule has 0 aliphatic carbocycles. The normalized spacial score (nSPS) is 10.4. The number of hydrogen-bond donors (Lipinski definition) is 1. The molecule has 0 aliphatic rings. The first-order valence-electron chi connectivity index (χ1n) is 8.98. The van der Waals surface area contributed by atoms with Crippen LogP contribution in [-0.2, 0) is 11.3 Å². The third kappa shape index (κ3) is 5.01. The molecule has 0 bridgehead atoms. The highest BCUT2D eigenvalue weighted by Gasteiger charge is 2.21. The molecule has 2 amide bonds. The molecule has 1 N–H and O–H groups in total. The Morgan fingerprint density at radius 1 is 1.14 bits per heavy atom. The molecule has 0 aliphatic heterocycles. The smallest absolute Gasteiger partial charge is 0.254 e. The van der Waals surface area contributed by atoms with Gasteiger partial charge in [-0.25, -0.2) is 4.39 Å². The molecule has 150 valence electrons. The van der Waals surface area contributed by atoms with Crippen LogP contribution in [0, 0.1) is 12.7 Å². The lowest BCUT2D eigenvalue weighted by molar-refractivity contribution is -0.117. The Balaban J connectivity index is 1.80. The van der Waals surface area contributed by atoms with Crippen LogP contribution in [0.1, 0.15) is 21.7 Å². The van der Waals surface area contributed by atoms with Gasteiger partial charge >= 0.3 is 0 Å². The maximum Gasteiger partial charge on any atom is 0.254 e. The van der Waals surface area contributed by atoms with Crippen molar-refractivity contribution in [2.45, 2.75) is 13.5 Å². The molecule has 3 rings (SSSR count). The van der Waals surface area contributed by atoms with E-state index in [-0.39, 0.29) is 18.7 Å². The summed E-state index contributed by atoms with van der Waals surface area (Å²) in [6.07, 6.45) is 1.48. The number of rotatable bonds is 7.